The first-order valence-corrected chi connectivity index (χ1v) is 9.04. The summed E-state index contributed by atoms with van der Waals surface area (Å²) in [5.74, 6) is -0.287. The van der Waals surface area contributed by atoms with E-state index in [1.807, 2.05) is 6.92 Å². The van der Waals surface area contributed by atoms with E-state index in [-0.39, 0.29) is 15.8 Å². The Morgan fingerprint density at radius 2 is 2.14 bits per heavy atom. The zero-order valence-electron chi connectivity index (χ0n) is 11.9. The van der Waals surface area contributed by atoms with E-state index in [0.717, 1.165) is 11.3 Å². The van der Waals surface area contributed by atoms with Crippen LogP contribution >= 0.6 is 22.9 Å². The van der Waals surface area contributed by atoms with Crippen molar-refractivity contribution in [2.75, 3.05) is 10.0 Å². The first-order valence-electron chi connectivity index (χ1n) is 6.36. The van der Waals surface area contributed by atoms with E-state index in [9.17, 15) is 13.2 Å². The van der Waals surface area contributed by atoms with Crippen LogP contribution in [0.1, 0.15) is 18.7 Å². The number of carbonyl (C=O) groups is 1. The maximum Gasteiger partial charge on any atom is 0.263 e. The summed E-state index contributed by atoms with van der Waals surface area (Å²) in [6.45, 7) is 3.31. The first-order chi connectivity index (χ1) is 10.3. The molecule has 1 aromatic carbocycles. The van der Waals surface area contributed by atoms with Crippen LogP contribution in [0.2, 0.25) is 5.02 Å². The van der Waals surface area contributed by atoms with Crippen LogP contribution in [-0.2, 0) is 21.2 Å². The fraction of sp³-hybridized carbons (Fsp3) is 0.231. The van der Waals surface area contributed by atoms with Crippen molar-refractivity contribution in [2.24, 2.45) is 0 Å². The molecule has 6 nitrogen and oxygen atoms in total. The van der Waals surface area contributed by atoms with Crippen LogP contribution in [0.15, 0.2) is 29.3 Å². The molecule has 0 unspecified atom stereocenters. The predicted octanol–water partition coefficient (Wildman–Crippen LogP) is 3.12. The molecule has 1 heterocycles. The third kappa shape index (κ3) is 3.96. The lowest BCUT2D eigenvalue weighted by Gasteiger charge is -2.09. The maximum absolute atomic E-state index is 12.3. The highest BCUT2D eigenvalue weighted by Gasteiger charge is 2.17. The third-order valence-electron chi connectivity index (χ3n) is 2.69. The molecule has 0 aliphatic rings. The minimum absolute atomic E-state index is 0.000138. The number of nitrogens with zero attached hydrogens (tertiary/aromatic N) is 1. The molecule has 0 spiro atoms. The lowest BCUT2D eigenvalue weighted by molar-refractivity contribution is -0.114. The Labute approximate surface area is 137 Å². The number of anilines is 2. The van der Waals surface area contributed by atoms with E-state index in [1.165, 1.54) is 36.5 Å². The number of aromatic nitrogens is 1. The highest BCUT2D eigenvalue weighted by atomic mass is 35.5. The molecule has 0 saturated heterocycles. The number of hydrogen-bond donors (Lipinski definition) is 2. The average molecular weight is 360 g/mol. The molecule has 0 aliphatic carbocycles. The van der Waals surface area contributed by atoms with Gasteiger partial charge >= 0.3 is 0 Å². The van der Waals surface area contributed by atoms with Crippen LogP contribution in [0.25, 0.3) is 0 Å². The molecule has 1 aromatic heterocycles. The monoisotopic (exact) mass is 359 g/mol. The zero-order valence-corrected chi connectivity index (χ0v) is 14.3. The lowest BCUT2D eigenvalue weighted by Crippen LogP contribution is -2.13. The lowest BCUT2D eigenvalue weighted by atomic mass is 10.3. The van der Waals surface area contributed by atoms with Gasteiger partial charge < -0.3 is 5.32 Å². The maximum atomic E-state index is 12.3. The summed E-state index contributed by atoms with van der Waals surface area (Å²) in [7, 11) is -3.78. The number of aryl methyl sites for hydroxylation is 1. The molecule has 2 rings (SSSR count). The number of halogens is 1. The second kappa shape index (κ2) is 6.64. The summed E-state index contributed by atoms with van der Waals surface area (Å²) in [4.78, 5) is 16.0. The van der Waals surface area contributed by atoms with Crippen LogP contribution in [0, 0.1) is 0 Å². The predicted molar refractivity (Wildman–Crippen MR) is 88.1 cm³/mol. The Hall–Kier alpha value is -1.64. The highest BCUT2D eigenvalue weighted by Crippen LogP contribution is 2.27. The average Bonchev–Trinajstić information content (AvgIpc) is 2.87. The van der Waals surface area contributed by atoms with Crippen molar-refractivity contribution in [3.8, 4) is 0 Å². The molecule has 9 heteroatoms. The summed E-state index contributed by atoms with van der Waals surface area (Å²) >= 11 is 7.27. The number of carbonyl (C=O) groups excluding carboxylic acids is 1. The number of rotatable bonds is 5. The first kappa shape index (κ1) is 16.7. The van der Waals surface area contributed by atoms with E-state index in [4.69, 9.17) is 11.6 Å². The van der Waals surface area contributed by atoms with Crippen molar-refractivity contribution in [3.05, 3.63) is 34.3 Å². The Bertz CT molecular complexity index is 803. The molecule has 2 N–H and O–H groups in total. The van der Waals surface area contributed by atoms with Crippen molar-refractivity contribution in [2.45, 2.75) is 25.2 Å². The van der Waals surface area contributed by atoms with Gasteiger partial charge in [-0.3, -0.25) is 9.52 Å². The fourth-order valence-electron chi connectivity index (χ4n) is 1.65. The number of thiazole rings is 1. The molecule has 0 bridgehead atoms. The van der Waals surface area contributed by atoms with E-state index < -0.39 is 10.0 Å². The molecule has 0 radical (unpaired) electrons. The minimum Gasteiger partial charge on any atom is -0.325 e. The van der Waals surface area contributed by atoms with Gasteiger partial charge in [0.25, 0.3) is 10.0 Å². The van der Waals surface area contributed by atoms with Gasteiger partial charge in [-0.15, -0.1) is 11.3 Å². The number of amides is 1. The van der Waals surface area contributed by atoms with Crippen molar-refractivity contribution >= 4 is 49.7 Å². The summed E-state index contributed by atoms with van der Waals surface area (Å²) in [6.07, 6.45) is 2.42. The van der Waals surface area contributed by atoms with Crippen LogP contribution in [0.3, 0.4) is 0 Å². The molecular formula is C13H14ClN3O3S2. The zero-order chi connectivity index (χ0) is 16.3. The van der Waals surface area contributed by atoms with Crippen LogP contribution < -0.4 is 10.0 Å². The summed E-state index contributed by atoms with van der Waals surface area (Å²) in [6, 6.07) is 4.09. The molecule has 0 aliphatic heterocycles. The Kier molecular flexibility index (Phi) is 5.05. The second-order valence-corrected chi connectivity index (χ2v) is 7.62. The van der Waals surface area contributed by atoms with E-state index >= 15 is 0 Å². The van der Waals surface area contributed by atoms with E-state index in [1.54, 1.807) is 6.20 Å². The standard InChI is InChI=1S/C13H14ClN3O3S2/c1-3-9-7-15-13(21-9)17-22(19,20)10-4-5-12(11(14)6-10)16-8(2)18/h4-7H,3H2,1-2H3,(H,15,17)(H,16,18). The largest absolute Gasteiger partial charge is 0.325 e. The summed E-state index contributed by atoms with van der Waals surface area (Å²) in [5, 5.41) is 2.97. The Morgan fingerprint density at radius 3 is 2.68 bits per heavy atom. The van der Waals surface area contributed by atoms with Crippen molar-refractivity contribution in [1.82, 2.24) is 4.98 Å². The molecule has 0 saturated carbocycles. The van der Waals surface area contributed by atoms with Crippen molar-refractivity contribution in [3.63, 3.8) is 0 Å². The van der Waals surface area contributed by atoms with Gasteiger partial charge in [0.1, 0.15) is 0 Å². The summed E-state index contributed by atoms with van der Waals surface area (Å²) in [5.41, 5.74) is 0.357. The van der Waals surface area contributed by atoms with Gasteiger partial charge in [-0.1, -0.05) is 18.5 Å². The van der Waals surface area contributed by atoms with Gasteiger partial charge in [-0.2, -0.15) is 0 Å². The number of hydrogen-bond acceptors (Lipinski definition) is 5. The second-order valence-electron chi connectivity index (χ2n) is 4.41. The Morgan fingerprint density at radius 1 is 1.41 bits per heavy atom. The van der Waals surface area contributed by atoms with Gasteiger partial charge in [0.15, 0.2) is 5.13 Å². The molecule has 22 heavy (non-hydrogen) atoms. The smallest absolute Gasteiger partial charge is 0.263 e. The van der Waals surface area contributed by atoms with Crippen LogP contribution in [0.4, 0.5) is 10.8 Å². The molecule has 1 amide bonds. The number of sulfonamides is 1. The number of benzene rings is 1. The fourth-order valence-corrected chi connectivity index (χ4v) is 3.96. The van der Waals surface area contributed by atoms with Gasteiger partial charge in [0, 0.05) is 18.0 Å². The van der Waals surface area contributed by atoms with Crippen LogP contribution in [-0.4, -0.2) is 19.3 Å². The molecular weight excluding hydrogens is 346 g/mol. The van der Waals surface area contributed by atoms with E-state index in [0.29, 0.717) is 10.8 Å². The molecule has 2 aromatic rings. The van der Waals surface area contributed by atoms with Gasteiger partial charge in [-0.05, 0) is 24.6 Å². The van der Waals surface area contributed by atoms with E-state index in [2.05, 4.69) is 15.0 Å². The SMILES string of the molecule is CCc1cnc(NS(=O)(=O)c2ccc(NC(C)=O)c(Cl)c2)s1. The number of nitrogens with one attached hydrogen (secondary N) is 2. The Balaban J connectivity index is 2.25. The molecule has 0 atom stereocenters. The third-order valence-corrected chi connectivity index (χ3v) is 5.52. The van der Waals surface area contributed by atoms with Gasteiger partial charge in [-0.25, -0.2) is 13.4 Å². The summed E-state index contributed by atoms with van der Waals surface area (Å²) < 4.78 is 27.0. The normalized spacial score (nSPS) is 11.2. The minimum atomic E-state index is -3.78. The van der Waals surface area contributed by atoms with Gasteiger partial charge in [0.2, 0.25) is 5.91 Å². The van der Waals surface area contributed by atoms with Crippen molar-refractivity contribution < 1.29 is 13.2 Å². The topological polar surface area (TPSA) is 88.2 Å². The molecule has 0 fully saturated rings. The van der Waals surface area contributed by atoms with Crippen LogP contribution in [0.5, 0.6) is 0 Å². The quantitative estimate of drug-likeness (QED) is 0.858. The highest BCUT2D eigenvalue weighted by molar-refractivity contribution is 7.93. The van der Waals surface area contributed by atoms with Crippen molar-refractivity contribution in [1.29, 1.82) is 0 Å². The van der Waals surface area contributed by atoms with Gasteiger partial charge in [0.05, 0.1) is 15.6 Å². The molecule has 118 valence electrons.